The molecular weight excluding hydrogens is 572 g/mol. The number of hydrazone groups is 1. The fourth-order valence-corrected chi connectivity index (χ4v) is 4.48. The average molecular weight is 597 g/mol. The number of hydrogen-bond acceptors (Lipinski definition) is 6. The molecule has 0 aliphatic heterocycles. The summed E-state index contributed by atoms with van der Waals surface area (Å²) in [7, 11) is 0. The molecule has 0 fully saturated rings. The molecule has 0 radical (unpaired) electrons. The first-order chi connectivity index (χ1) is 19.4. The highest BCUT2D eigenvalue weighted by Gasteiger charge is 2.16. The van der Waals surface area contributed by atoms with Crippen molar-refractivity contribution in [1.29, 1.82) is 0 Å². The molecule has 0 saturated carbocycles. The Labute approximate surface area is 239 Å². The predicted molar refractivity (Wildman–Crippen MR) is 159 cm³/mol. The Morgan fingerprint density at radius 1 is 0.950 bits per heavy atom. The van der Waals surface area contributed by atoms with Crippen LogP contribution in [0.3, 0.4) is 0 Å². The second kappa shape index (κ2) is 12.0. The van der Waals surface area contributed by atoms with E-state index in [1.807, 2.05) is 61.5 Å². The molecule has 200 valence electrons. The minimum Gasteiger partial charge on any atom is -0.493 e. The summed E-state index contributed by atoms with van der Waals surface area (Å²) in [5, 5.41) is 7.85. The van der Waals surface area contributed by atoms with Gasteiger partial charge in [0.15, 0.2) is 10.4 Å². The van der Waals surface area contributed by atoms with Crippen LogP contribution in [-0.2, 0) is 0 Å². The first-order valence-electron chi connectivity index (χ1n) is 12.6. The highest BCUT2D eigenvalue weighted by molar-refractivity contribution is 9.10. The maximum Gasteiger partial charge on any atom is 0.291 e. The van der Waals surface area contributed by atoms with E-state index in [0.29, 0.717) is 50.6 Å². The number of carbonyl (C=O) groups is 2. The summed E-state index contributed by atoms with van der Waals surface area (Å²) < 4.78 is 11.6. The van der Waals surface area contributed by atoms with E-state index in [-0.39, 0.29) is 17.6 Å². The van der Waals surface area contributed by atoms with E-state index in [1.54, 1.807) is 43.3 Å². The number of carbonyl (C=O) groups excluding carboxylic acids is 2. The zero-order valence-corrected chi connectivity index (χ0v) is 23.4. The molecule has 8 nitrogen and oxygen atoms in total. The topological polar surface area (TPSA) is 106 Å². The Bertz CT molecular complexity index is 1740. The van der Waals surface area contributed by atoms with Crippen molar-refractivity contribution in [3.05, 3.63) is 113 Å². The molecule has 2 aromatic heterocycles. The highest BCUT2D eigenvalue weighted by atomic mass is 79.9. The molecule has 40 heavy (non-hydrogen) atoms. The van der Waals surface area contributed by atoms with Crippen LogP contribution in [0.1, 0.15) is 40.3 Å². The summed E-state index contributed by atoms with van der Waals surface area (Å²) in [6.45, 7) is 4.21. The fraction of sp³-hybridized carbons (Fsp3) is 0.0968. The Balaban J connectivity index is 1.40. The van der Waals surface area contributed by atoms with E-state index in [2.05, 4.69) is 31.8 Å². The number of benzene rings is 3. The van der Waals surface area contributed by atoms with Crippen LogP contribution in [0.4, 0.5) is 5.69 Å². The molecular formula is C31H25BrN4O4. The molecule has 0 aliphatic carbocycles. The quantitative estimate of drug-likeness (QED) is 0.147. The maximum absolute atomic E-state index is 13.4. The van der Waals surface area contributed by atoms with Gasteiger partial charge in [-0.1, -0.05) is 42.5 Å². The molecule has 9 heteroatoms. The van der Waals surface area contributed by atoms with E-state index in [1.165, 1.54) is 0 Å². The number of rotatable bonds is 8. The first kappa shape index (κ1) is 26.8. The number of amides is 2. The van der Waals surface area contributed by atoms with E-state index in [9.17, 15) is 9.59 Å². The SMILES string of the molecule is CCOc1ccccc1-c1cc(C(=O)NN=C(C)c2cccc(NC(=O)c3ccc(Br)o3)c2)c2ccccc2n1. The average Bonchev–Trinajstić information content (AvgIpc) is 3.42. The van der Waals surface area contributed by atoms with Gasteiger partial charge in [0.2, 0.25) is 0 Å². The smallest absolute Gasteiger partial charge is 0.291 e. The molecule has 2 N–H and O–H groups in total. The molecule has 2 amide bonds. The van der Waals surface area contributed by atoms with Gasteiger partial charge in [0.25, 0.3) is 11.8 Å². The third-order valence-electron chi connectivity index (χ3n) is 6.08. The van der Waals surface area contributed by atoms with Gasteiger partial charge >= 0.3 is 0 Å². The van der Waals surface area contributed by atoms with Crippen molar-refractivity contribution in [2.75, 3.05) is 11.9 Å². The summed E-state index contributed by atoms with van der Waals surface area (Å²) in [4.78, 5) is 30.7. The molecule has 0 atom stereocenters. The Hall–Kier alpha value is -4.76. The number of nitrogens with one attached hydrogen (secondary N) is 2. The van der Waals surface area contributed by atoms with Crippen LogP contribution >= 0.6 is 15.9 Å². The summed E-state index contributed by atoms with van der Waals surface area (Å²) in [5.74, 6) is 0.125. The molecule has 0 unspecified atom stereocenters. The van der Waals surface area contributed by atoms with Gasteiger partial charge in [0.05, 0.1) is 29.1 Å². The van der Waals surface area contributed by atoms with Crippen molar-refractivity contribution in [2.45, 2.75) is 13.8 Å². The van der Waals surface area contributed by atoms with Gasteiger partial charge in [-0.2, -0.15) is 5.10 Å². The van der Waals surface area contributed by atoms with E-state index in [4.69, 9.17) is 14.1 Å². The minimum atomic E-state index is -0.378. The fourth-order valence-electron chi connectivity index (χ4n) is 4.17. The number of aromatic nitrogens is 1. The summed E-state index contributed by atoms with van der Waals surface area (Å²) in [5.41, 5.74) is 7.07. The molecule has 3 aromatic carbocycles. The molecule has 0 bridgehead atoms. The number of para-hydroxylation sites is 2. The summed E-state index contributed by atoms with van der Waals surface area (Å²) >= 11 is 3.19. The van der Waals surface area contributed by atoms with Gasteiger partial charge < -0.3 is 14.5 Å². The zero-order chi connectivity index (χ0) is 28.1. The lowest BCUT2D eigenvalue weighted by atomic mass is 10.0. The number of halogens is 1. The molecule has 2 heterocycles. The van der Waals surface area contributed by atoms with E-state index in [0.717, 1.165) is 11.1 Å². The third-order valence-corrected chi connectivity index (χ3v) is 6.51. The molecule has 0 aliphatic rings. The van der Waals surface area contributed by atoms with Crippen LogP contribution in [0.15, 0.2) is 105 Å². The van der Waals surface area contributed by atoms with Gasteiger partial charge in [-0.3, -0.25) is 9.59 Å². The molecule has 0 spiro atoms. The number of nitrogens with zero attached hydrogens (tertiary/aromatic N) is 2. The maximum atomic E-state index is 13.4. The number of furan rings is 1. The Morgan fingerprint density at radius 2 is 1.75 bits per heavy atom. The highest BCUT2D eigenvalue weighted by Crippen LogP contribution is 2.31. The second-order valence-corrected chi connectivity index (χ2v) is 9.56. The van der Waals surface area contributed by atoms with Crippen molar-refractivity contribution in [2.24, 2.45) is 5.10 Å². The van der Waals surface area contributed by atoms with Crippen LogP contribution in [0.2, 0.25) is 0 Å². The minimum absolute atomic E-state index is 0.183. The third kappa shape index (κ3) is 5.94. The Kier molecular flexibility index (Phi) is 8.02. The van der Waals surface area contributed by atoms with E-state index < -0.39 is 0 Å². The largest absolute Gasteiger partial charge is 0.493 e. The van der Waals surface area contributed by atoms with Crippen LogP contribution in [0.5, 0.6) is 5.75 Å². The van der Waals surface area contributed by atoms with Gasteiger partial charge in [-0.25, -0.2) is 10.4 Å². The van der Waals surface area contributed by atoms with Crippen molar-refractivity contribution < 1.29 is 18.7 Å². The van der Waals surface area contributed by atoms with Gasteiger partial charge in [0, 0.05) is 16.6 Å². The lowest BCUT2D eigenvalue weighted by Crippen LogP contribution is -2.20. The van der Waals surface area contributed by atoms with Gasteiger partial charge in [-0.15, -0.1) is 0 Å². The molecule has 5 aromatic rings. The molecule has 0 saturated heterocycles. The van der Waals surface area contributed by atoms with Crippen LogP contribution < -0.4 is 15.5 Å². The predicted octanol–water partition coefficient (Wildman–Crippen LogP) is 7.06. The standard InChI is InChI=1S/C31H25BrN4O4/c1-3-39-27-14-7-5-12-23(27)26-18-24(22-11-4-6-13-25(22)34-26)30(37)36-35-19(2)20-9-8-10-21(17-20)33-31(38)28-15-16-29(32)40-28/h4-18H,3H2,1-2H3,(H,33,38)(H,36,37). The lowest BCUT2D eigenvalue weighted by Gasteiger charge is -2.12. The zero-order valence-electron chi connectivity index (χ0n) is 21.8. The summed E-state index contributed by atoms with van der Waals surface area (Å²) in [6.07, 6.45) is 0. The Morgan fingerprint density at radius 3 is 2.55 bits per heavy atom. The van der Waals surface area contributed by atoms with Crippen molar-refractivity contribution in [3.63, 3.8) is 0 Å². The van der Waals surface area contributed by atoms with Gasteiger partial charge in [-0.05, 0) is 83.9 Å². The number of ether oxygens (including phenoxy) is 1. The lowest BCUT2D eigenvalue weighted by molar-refractivity contribution is 0.0955. The number of pyridine rings is 1. The van der Waals surface area contributed by atoms with Crippen molar-refractivity contribution >= 4 is 50.0 Å². The number of fused-ring (bicyclic) bond motifs is 1. The monoisotopic (exact) mass is 596 g/mol. The normalized spacial score (nSPS) is 11.3. The van der Waals surface area contributed by atoms with Crippen molar-refractivity contribution in [1.82, 2.24) is 10.4 Å². The first-order valence-corrected chi connectivity index (χ1v) is 13.4. The van der Waals surface area contributed by atoms with Crippen LogP contribution in [0, 0.1) is 0 Å². The number of hydrogen-bond donors (Lipinski definition) is 2. The van der Waals surface area contributed by atoms with E-state index >= 15 is 0 Å². The van der Waals surface area contributed by atoms with Crippen molar-refractivity contribution in [3.8, 4) is 17.0 Å². The summed E-state index contributed by atoms with van der Waals surface area (Å²) in [6, 6.07) is 27.2. The van der Waals surface area contributed by atoms with Crippen LogP contribution in [-0.4, -0.2) is 29.1 Å². The second-order valence-electron chi connectivity index (χ2n) is 8.78. The van der Waals surface area contributed by atoms with Gasteiger partial charge in [0.1, 0.15) is 5.75 Å². The molecule has 5 rings (SSSR count). The van der Waals surface area contributed by atoms with Crippen LogP contribution in [0.25, 0.3) is 22.2 Å². The number of anilines is 1.